The Bertz CT molecular complexity index is 637. The zero-order chi connectivity index (χ0) is 18.6. The van der Waals surface area contributed by atoms with E-state index in [1.54, 1.807) is 23.1 Å². The molecule has 1 aromatic rings. The number of methoxy groups -OCH3 is 2. The topological polar surface area (TPSA) is 74.3 Å². The molecule has 1 aromatic carbocycles. The van der Waals surface area contributed by atoms with Crippen LogP contribution in [0.1, 0.15) is 42.8 Å². The zero-order valence-electron chi connectivity index (χ0n) is 15.3. The van der Waals surface area contributed by atoms with Gasteiger partial charge in [-0.15, -0.1) is 0 Å². The fourth-order valence-corrected chi connectivity index (χ4v) is 2.53. The van der Waals surface area contributed by atoms with E-state index in [1.165, 1.54) is 14.2 Å². The van der Waals surface area contributed by atoms with E-state index in [1.807, 2.05) is 20.8 Å². The van der Waals surface area contributed by atoms with Gasteiger partial charge in [-0.2, -0.15) is 0 Å². The molecule has 1 amide bonds. The van der Waals surface area contributed by atoms with Crippen LogP contribution in [-0.2, 0) is 14.2 Å². The van der Waals surface area contributed by atoms with Crippen molar-refractivity contribution < 1.29 is 28.5 Å². The average molecular weight is 351 g/mol. The molecule has 1 unspecified atom stereocenters. The molecule has 0 aromatic heterocycles. The molecular formula is C18H25NO6. The summed E-state index contributed by atoms with van der Waals surface area (Å²) in [5.41, 5.74) is 0.613. The molecule has 0 bridgehead atoms. The van der Waals surface area contributed by atoms with Gasteiger partial charge in [0.25, 0.3) is 0 Å². The van der Waals surface area contributed by atoms with Gasteiger partial charge in [0.2, 0.25) is 0 Å². The standard InChI is InChI=1S/C18H25NO6/c1-18(2,3)25-17(21)19-8-9-24-15(11-19)12-6-7-13(16(20)23-5)14(10-12)22-4/h6-7,10,15H,8-9,11H2,1-5H3. The maximum absolute atomic E-state index is 12.3. The van der Waals surface area contributed by atoms with Crippen molar-refractivity contribution in [1.29, 1.82) is 0 Å². The van der Waals surface area contributed by atoms with E-state index < -0.39 is 11.6 Å². The second-order valence-electron chi connectivity index (χ2n) is 6.74. The molecule has 0 aliphatic carbocycles. The molecule has 0 saturated carbocycles. The molecule has 2 rings (SSSR count). The predicted octanol–water partition coefficient (Wildman–Crippen LogP) is 2.79. The lowest BCUT2D eigenvalue weighted by molar-refractivity contribution is -0.0433. The van der Waals surface area contributed by atoms with Crippen LogP contribution >= 0.6 is 0 Å². The first kappa shape index (κ1) is 19.1. The highest BCUT2D eigenvalue weighted by molar-refractivity contribution is 5.92. The first-order chi connectivity index (χ1) is 11.7. The minimum Gasteiger partial charge on any atom is -0.496 e. The molecule has 0 radical (unpaired) electrons. The number of carbonyl (C=O) groups excluding carboxylic acids is 2. The van der Waals surface area contributed by atoms with Crippen LogP contribution in [0.4, 0.5) is 4.79 Å². The summed E-state index contributed by atoms with van der Waals surface area (Å²) < 4.78 is 21.2. The fraction of sp³-hybridized carbons (Fsp3) is 0.556. The van der Waals surface area contributed by atoms with Crippen LogP contribution in [0.15, 0.2) is 18.2 Å². The number of nitrogens with zero attached hydrogens (tertiary/aromatic N) is 1. The Morgan fingerprint density at radius 3 is 2.56 bits per heavy atom. The van der Waals surface area contributed by atoms with E-state index in [2.05, 4.69) is 0 Å². The number of morpholine rings is 1. The number of ether oxygens (including phenoxy) is 4. The van der Waals surface area contributed by atoms with Crippen molar-refractivity contribution in [3.8, 4) is 5.75 Å². The normalized spacial score (nSPS) is 17.8. The van der Waals surface area contributed by atoms with Gasteiger partial charge >= 0.3 is 12.1 Å². The van der Waals surface area contributed by atoms with Gasteiger partial charge in [0, 0.05) is 6.54 Å². The van der Waals surface area contributed by atoms with Gasteiger partial charge in [0.1, 0.15) is 23.0 Å². The molecule has 1 heterocycles. The van der Waals surface area contributed by atoms with E-state index in [4.69, 9.17) is 18.9 Å². The maximum Gasteiger partial charge on any atom is 0.410 e. The number of hydrogen-bond acceptors (Lipinski definition) is 6. The molecule has 1 fully saturated rings. The molecule has 1 saturated heterocycles. The Hall–Kier alpha value is -2.28. The summed E-state index contributed by atoms with van der Waals surface area (Å²) in [6.07, 6.45) is -0.680. The highest BCUT2D eigenvalue weighted by Crippen LogP contribution is 2.29. The minimum absolute atomic E-state index is 0.318. The SMILES string of the molecule is COC(=O)c1ccc(C2CN(C(=O)OC(C)(C)C)CCO2)cc1OC. The summed E-state index contributed by atoms with van der Waals surface area (Å²) in [6.45, 7) is 6.75. The second-order valence-corrected chi connectivity index (χ2v) is 6.74. The summed E-state index contributed by atoms with van der Waals surface area (Å²) in [5.74, 6) is -0.0642. The van der Waals surface area contributed by atoms with Crippen molar-refractivity contribution in [2.45, 2.75) is 32.5 Å². The molecule has 1 aliphatic heterocycles. The van der Waals surface area contributed by atoms with Crippen LogP contribution in [0.25, 0.3) is 0 Å². The summed E-state index contributed by atoms with van der Waals surface area (Å²) in [7, 11) is 2.80. The third kappa shape index (κ3) is 4.85. The van der Waals surface area contributed by atoms with E-state index in [0.717, 1.165) is 5.56 Å². The lowest BCUT2D eigenvalue weighted by Crippen LogP contribution is -2.44. The van der Waals surface area contributed by atoms with E-state index in [9.17, 15) is 9.59 Å². The molecule has 138 valence electrons. The molecule has 7 nitrogen and oxygen atoms in total. The van der Waals surface area contributed by atoms with Gasteiger partial charge in [-0.1, -0.05) is 6.07 Å². The third-order valence-electron chi connectivity index (χ3n) is 3.72. The predicted molar refractivity (Wildman–Crippen MR) is 90.8 cm³/mol. The van der Waals surface area contributed by atoms with Gasteiger partial charge in [0.05, 0.1) is 27.4 Å². The Balaban J connectivity index is 2.15. The Morgan fingerprint density at radius 2 is 1.96 bits per heavy atom. The van der Waals surface area contributed by atoms with Crippen molar-refractivity contribution in [2.24, 2.45) is 0 Å². The highest BCUT2D eigenvalue weighted by atomic mass is 16.6. The van der Waals surface area contributed by atoms with E-state index >= 15 is 0 Å². The van der Waals surface area contributed by atoms with Crippen molar-refractivity contribution in [3.63, 3.8) is 0 Å². The molecule has 25 heavy (non-hydrogen) atoms. The minimum atomic E-state index is -0.545. The summed E-state index contributed by atoms with van der Waals surface area (Å²) in [4.78, 5) is 25.6. The number of benzene rings is 1. The molecule has 0 N–H and O–H groups in total. The molecule has 1 atom stereocenters. The van der Waals surface area contributed by atoms with Crippen molar-refractivity contribution in [2.75, 3.05) is 33.9 Å². The lowest BCUT2D eigenvalue weighted by Gasteiger charge is -2.34. The molecule has 7 heteroatoms. The summed E-state index contributed by atoms with van der Waals surface area (Å²) >= 11 is 0. The number of esters is 1. The number of rotatable bonds is 3. The second kappa shape index (κ2) is 7.74. The van der Waals surface area contributed by atoms with Crippen molar-refractivity contribution in [1.82, 2.24) is 4.90 Å². The third-order valence-corrected chi connectivity index (χ3v) is 3.72. The maximum atomic E-state index is 12.3. The Labute approximate surface area is 147 Å². The first-order valence-electron chi connectivity index (χ1n) is 8.11. The fourth-order valence-electron chi connectivity index (χ4n) is 2.53. The smallest absolute Gasteiger partial charge is 0.410 e. The number of carbonyl (C=O) groups is 2. The van der Waals surface area contributed by atoms with Crippen LogP contribution < -0.4 is 4.74 Å². The van der Waals surface area contributed by atoms with Gasteiger partial charge in [-0.05, 0) is 38.5 Å². The van der Waals surface area contributed by atoms with Crippen molar-refractivity contribution >= 4 is 12.1 Å². The van der Waals surface area contributed by atoms with Gasteiger partial charge in [-0.3, -0.25) is 0 Å². The van der Waals surface area contributed by atoms with Gasteiger partial charge in [0.15, 0.2) is 0 Å². The van der Waals surface area contributed by atoms with Crippen LogP contribution in [-0.4, -0.2) is 56.5 Å². The van der Waals surface area contributed by atoms with Crippen LogP contribution in [0.2, 0.25) is 0 Å². The Kier molecular flexibility index (Phi) is 5.89. The molecule has 0 spiro atoms. The van der Waals surface area contributed by atoms with Crippen LogP contribution in [0.5, 0.6) is 5.75 Å². The highest BCUT2D eigenvalue weighted by Gasteiger charge is 2.29. The number of hydrogen-bond donors (Lipinski definition) is 0. The van der Waals surface area contributed by atoms with Crippen molar-refractivity contribution in [3.05, 3.63) is 29.3 Å². The average Bonchev–Trinajstić information content (AvgIpc) is 2.59. The lowest BCUT2D eigenvalue weighted by atomic mass is 10.0. The van der Waals surface area contributed by atoms with Gasteiger partial charge < -0.3 is 23.8 Å². The number of amides is 1. The Morgan fingerprint density at radius 1 is 1.24 bits per heavy atom. The molecular weight excluding hydrogens is 326 g/mol. The van der Waals surface area contributed by atoms with E-state index in [0.29, 0.717) is 31.0 Å². The monoisotopic (exact) mass is 351 g/mol. The first-order valence-corrected chi connectivity index (χ1v) is 8.11. The quantitative estimate of drug-likeness (QED) is 0.780. The van der Waals surface area contributed by atoms with Crippen LogP contribution in [0.3, 0.4) is 0 Å². The zero-order valence-corrected chi connectivity index (χ0v) is 15.3. The largest absolute Gasteiger partial charge is 0.496 e. The van der Waals surface area contributed by atoms with E-state index in [-0.39, 0.29) is 12.2 Å². The molecule has 1 aliphatic rings. The van der Waals surface area contributed by atoms with Crippen LogP contribution in [0, 0.1) is 0 Å². The van der Waals surface area contributed by atoms with Gasteiger partial charge in [-0.25, -0.2) is 9.59 Å². The summed E-state index contributed by atoms with van der Waals surface area (Å²) in [6, 6.07) is 5.14. The summed E-state index contributed by atoms with van der Waals surface area (Å²) in [5, 5.41) is 0.